The molecule has 1 aliphatic heterocycles. The van der Waals surface area contributed by atoms with E-state index in [0.29, 0.717) is 19.1 Å². The number of hydrogen-bond donors (Lipinski definition) is 1. The van der Waals surface area contributed by atoms with Crippen molar-refractivity contribution in [3.8, 4) is 5.75 Å². The summed E-state index contributed by atoms with van der Waals surface area (Å²) in [5, 5.41) is 10.1. The molecule has 2 rings (SSSR count). The van der Waals surface area contributed by atoms with Gasteiger partial charge < -0.3 is 14.6 Å². The van der Waals surface area contributed by atoms with E-state index in [2.05, 4.69) is 24.8 Å². The topological polar surface area (TPSA) is 41.9 Å². The minimum Gasteiger partial charge on any atom is -0.491 e. The summed E-state index contributed by atoms with van der Waals surface area (Å²) in [6.07, 6.45) is 0.615. The van der Waals surface area contributed by atoms with Gasteiger partial charge in [0.1, 0.15) is 18.5 Å². The average Bonchev–Trinajstić information content (AvgIpc) is 2.53. The number of nitrogens with zero attached hydrogens (tertiary/aromatic N) is 1. The summed E-state index contributed by atoms with van der Waals surface area (Å²) < 4.78 is 11.2. The maximum Gasteiger partial charge on any atom is 0.122 e. The lowest BCUT2D eigenvalue weighted by atomic mass is 9.98. The number of aliphatic hydroxyl groups is 1. The molecule has 0 aliphatic carbocycles. The van der Waals surface area contributed by atoms with Crippen LogP contribution in [0.1, 0.15) is 31.7 Å². The first kappa shape index (κ1) is 16.3. The van der Waals surface area contributed by atoms with Crippen LogP contribution in [0, 0.1) is 0 Å². The number of rotatable bonds is 7. The third-order valence-electron chi connectivity index (χ3n) is 4.07. The van der Waals surface area contributed by atoms with Crippen LogP contribution in [0.4, 0.5) is 0 Å². The van der Waals surface area contributed by atoms with Crippen LogP contribution in [-0.2, 0) is 4.74 Å². The highest BCUT2D eigenvalue weighted by Crippen LogP contribution is 2.28. The van der Waals surface area contributed by atoms with Crippen LogP contribution >= 0.6 is 0 Å². The summed E-state index contributed by atoms with van der Waals surface area (Å²) >= 11 is 0. The second-order valence-corrected chi connectivity index (χ2v) is 5.72. The molecule has 1 fully saturated rings. The van der Waals surface area contributed by atoms with Crippen LogP contribution in [0.5, 0.6) is 5.75 Å². The second kappa shape index (κ2) is 8.37. The summed E-state index contributed by atoms with van der Waals surface area (Å²) in [5.74, 6) is 1.37. The van der Waals surface area contributed by atoms with Gasteiger partial charge in [-0.1, -0.05) is 32.0 Å². The number of β-amino-alcohol motifs (C(OH)–C–C–N with tert-alkyl or cyclic N) is 1. The monoisotopic (exact) mass is 293 g/mol. The minimum absolute atomic E-state index is 0.338. The van der Waals surface area contributed by atoms with Crippen LogP contribution < -0.4 is 4.74 Å². The van der Waals surface area contributed by atoms with Crippen LogP contribution in [0.25, 0.3) is 0 Å². The summed E-state index contributed by atoms with van der Waals surface area (Å²) in [6, 6.07) is 8.12. The van der Waals surface area contributed by atoms with Crippen LogP contribution in [0.2, 0.25) is 0 Å². The Kier molecular flexibility index (Phi) is 6.49. The molecule has 0 amide bonds. The van der Waals surface area contributed by atoms with Gasteiger partial charge in [-0.3, -0.25) is 4.90 Å². The highest BCUT2D eigenvalue weighted by Gasteiger charge is 2.16. The Hall–Kier alpha value is -1.10. The minimum atomic E-state index is -0.465. The summed E-state index contributed by atoms with van der Waals surface area (Å²) in [5.41, 5.74) is 1.22. The number of aliphatic hydroxyl groups excluding tert-OH is 1. The molecule has 4 nitrogen and oxygen atoms in total. The molecule has 1 aromatic carbocycles. The van der Waals surface area contributed by atoms with Crippen molar-refractivity contribution in [3.63, 3.8) is 0 Å². The van der Waals surface area contributed by atoms with Gasteiger partial charge in [0, 0.05) is 19.6 Å². The van der Waals surface area contributed by atoms with Gasteiger partial charge in [-0.2, -0.15) is 0 Å². The average molecular weight is 293 g/mol. The first-order chi connectivity index (χ1) is 10.2. The van der Waals surface area contributed by atoms with Crippen molar-refractivity contribution < 1.29 is 14.6 Å². The third kappa shape index (κ3) is 4.99. The Bertz CT molecular complexity index is 418. The molecule has 21 heavy (non-hydrogen) atoms. The fourth-order valence-electron chi connectivity index (χ4n) is 2.56. The van der Waals surface area contributed by atoms with Crippen molar-refractivity contribution in [3.05, 3.63) is 29.8 Å². The normalized spacial score (nSPS) is 19.2. The fraction of sp³-hybridized carbons (Fsp3) is 0.647. The lowest BCUT2D eigenvalue weighted by Gasteiger charge is -2.28. The lowest BCUT2D eigenvalue weighted by Crippen LogP contribution is -2.42. The lowest BCUT2D eigenvalue weighted by molar-refractivity contribution is 0.00455. The maximum atomic E-state index is 10.1. The Morgan fingerprint density at radius 1 is 1.29 bits per heavy atom. The molecule has 0 bridgehead atoms. The predicted molar refractivity (Wildman–Crippen MR) is 83.9 cm³/mol. The molecule has 2 atom stereocenters. The molecule has 1 saturated heterocycles. The number of ether oxygens (including phenoxy) is 2. The van der Waals surface area contributed by atoms with Gasteiger partial charge in [0.05, 0.1) is 13.2 Å². The van der Waals surface area contributed by atoms with E-state index >= 15 is 0 Å². The van der Waals surface area contributed by atoms with Gasteiger partial charge in [-0.05, 0) is 24.0 Å². The number of para-hydroxylation sites is 1. The Labute approximate surface area is 127 Å². The first-order valence-electron chi connectivity index (χ1n) is 7.90. The zero-order valence-corrected chi connectivity index (χ0v) is 13.1. The summed E-state index contributed by atoms with van der Waals surface area (Å²) in [6.45, 7) is 8.65. The van der Waals surface area contributed by atoms with Crippen molar-refractivity contribution in [2.45, 2.75) is 32.3 Å². The van der Waals surface area contributed by atoms with Crippen molar-refractivity contribution in [1.82, 2.24) is 4.90 Å². The predicted octanol–water partition coefficient (Wildman–Crippen LogP) is 2.27. The molecule has 0 unspecified atom stereocenters. The van der Waals surface area contributed by atoms with Crippen molar-refractivity contribution >= 4 is 0 Å². The molecule has 0 radical (unpaired) electrons. The van der Waals surface area contributed by atoms with Gasteiger partial charge in [-0.25, -0.2) is 0 Å². The molecule has 0 aromatic heterocycles. The number of morpholine rings is 1. The van der Waals surface area contributed by atoms with E-state index in [9.17, 15) is 5.11 Å². The van der Waals surface area contributed by atoms with Crippen molar-refractivity contribution in [1.29, 1.82) is 0 Å². The molecular weight excluding hydrogens is 266 g/mol. The zero-order valence-electron chi connectivity index (χ0n) is 13.1. The van der Waals surface area contributed by atoms with Gasteiger partial charge in [-0.15, -0.1) is 0 Å². The summed E-state index contributed by atoms with van der Waals surface area (Å²) in [7, 11) is 0. The molecule has 118 valence electrons. The Balaban J connectivity index is 1.84. The molecule has 4 heteroatoms. The highest BCUT2D eigenvalue weighted by molar-refractivity contribution is 5.35. The SMILES string of the molecule is CC[C@H](C)c1ccccc1OC[C@H](O)CN1CCOCC1. The standard InChI is InChI=1S/C17H27NO3/c1-3-14(2)16-6-4-5-7-17(16)21-13-15(19)12-18-8-10-20-11-9-18/h4-7,14-15,19H,3,8-13H2,1-2H3/t14-,15+/m0/s1. The largest absolute Gasteiger partial charge is 0.491 e. The van der Waals surface area contributed by atoms with Crippen LogP contribution in [-0.4, -0.2) is 55.6 Å². The van der Waals surface area contributed by atoms with Crippen molar-refractivity contribution in [2.24, 2.45) is 0 Å². The van der Waals surface area contributed by atoms with E-state index in [-0.39, 0.29) is 0 Å². The van der Waals surface area contributed by atoms with E-state index in [4.69, 9.17) is 9.47 Å². The van der Waals surface area contributed by atoms with E-state index in [0.717, 1.165) is 38.5 Å². The van der Waals surface area contributed by atoms with E-state index in [1.165, 1.54) is 5.56 Å². The highest BCUT2D eigenvalue weighted by atomic mass is 16.5. The quantitative estimate of drug-likeness (QED) is 0.837. The second-order valence-electron chi connectivity index (χ2n) is 5.72. The molecule has 1 heterocycles. The van der Waals surface area contributed by atoms with Crippen LogP contribution in [0.3, 0.4) is 0 Å². The molecule has 1 N–H and O–H groups in total. The molecule has 0 saturated carbocycles. The zero-order chi connectivity index (χ0) is 15.1. The Morgan fingerprint density at radius 2 is 2.00 bits per heavy atom. The Morgan fingerprint density at radius 3 is 2.71 bits per heavy atom. The van der Waals surface area contributed by atoms with Gasteiger partial charge >= 0.3 is 0 Å². The van der Waals surface area contributed by atoms with Crippen molar-refractivity contribution in [2.75, 3.05) is 39.5 Å². The van der Waals surface area contributed by atoms with Gasteiger partial charge in [0.15, 0.2) is 0 Å². The number of hydrogen-bond acceptors (Lipinski definition) is 4. The molecule has 1 aromatic rings. The van der Waals surface area contributed by atoms with E-state index < -0.39 is 6.10 Å². The van der Waals surface area contributed by atoms with Gasteiger partial charge in [0.2, 0.25) is 0 Å². The molecular formula is C17H27NO3. The fourth-order valence-corrected chi connectivity index (χ4v) is 2.56. The summed E-state index contributed by atoms with van der Waals surface area (Å²) in [4.78, 5) is 2.22. The maximum absolute atomic E-state index is 10.1. The van der Waals surface area contributed by atoms with Crippen LogP contribution in [0.15, 0.2) is 24.3 Å². The van der Waals surface area contributed by atoms with E-state index in [1.54, 1.807) is 0 Å². The first-order valence-corrected chi connectivity index (χ1v) is 7.90. The van der Waals surface area contributed by atoms with E-state index in [1.807, 2.05) is 18.2 Å². The third-order valence-corrected chi connectivity index (χ3v) is 4.07. The molecule has 1 aliphatic rings. The van der Waals surface area contributed by atoms with Gasteiger partial charge in [0.25, 0.3) is 0 Å². The molecule has 0 spiro atoms. The smallest absolute Gasteiger partial charge is 0.122 e. The number of benzene rings is 1.